The first kappa shape index (κ1) is 21.8. The molecule has 0 aliphatic rings. The predicted molar refractivity (Wildman–Crippen MR) is 109 cm³/mol. The number of benzene rings is 3. The highest BCUT2D eigenvalue weighted by Gasteiger charge is 2.28. The number of nitrogens with one attached hydrogen (secondary N) is 1. The summed E-state index contributed by atoms with van der Waals surface area (Å²) in [5.41, 5.74) is 1.10. The third kappa shape index (κ3) is 6.29. The smallest absolute Gasteiger partial charge is 0.422 e. The molecule has 0 bridgehead atoms. The van der Waals surface area contributed by atoms with E-state index in [2.05, 4.69) is 10.1 Å². The van der Waals surface area contributed by atoms with Crippen LogP contribution in [-0.2, 0) is 11.2 Å². The molecular weight excluding hydrogens is 419 g/mol. The summed E-state index contributed by atoms with van der Waals surface area (Å²) in [7, 11) is 0. The highest BCUT2D eigenvalue weighted by Crippen LogP contribution is 2.34. The molecule has 0 fully saturated rings. The number of amides is 1. The van der Waals surface area contributed by atoms with E-state index in [1.54, 1.807) is 6.07 Å². The molecule has 1 N–H and O–H groups in total. The van der Waals surface area contributed by atoms with Gasteiger partial charge in [-0.05, 0) is 47.0 Å². The van der Waals surface area contributed by atoms with Crippen LogP contribution >= 0.6 is 11.6 Å². The van der Waals surface area contributed by atoms with Crippen LogP contribution in [0.25, 0.3) is 10.8 Å². The van der Waals surface area contributed by atoms with E-state index in [0.29, 0.717) is 18.0 Å². The van der Waals surface area contributed by atoms with Crippen molar-refractivity contribution in [2.75, 3.05) is 13.2 Å². The molecule has 158 valence electrons. The van der Waals surface area contributed by atoms with Gasteiger partial charge in [-0.25, -0.2) is 0 Å². The molecule has 3 aromatic carbocycles. The summed E-state index contributed by atoms with van der Waals surface area (Å²) in [5.74, 6) is 0.799. The van der Waals surface area contributed by atoms with Crippen LogP contribution in [0.3, 0.4) is 0 Å². The van der Waals surface area contributed by atoms with E-state index in [-0.39, 0.29) is 16.7 Å². The molecule has 0 aromatic heterocycles. The Morgan fingerprint density at radius 1 is 1.00 bits per heavy atom. The molecule has 0 atom stereocenters. The number of hydrogen-bond acceptors (Lipinski definition) is 3. The van der Waals surface area contributed by atoms with Crippen molar-refractivity contribution in [1.29, 1.82) is 0 Å². The van der Waals surface area contributed by atoms with Crippen LogP contribution in [0.5, 0.6) is 17.2 Å². The van der Waals surface area contributed by atoms with Gasteiger partial charge < -0.3 is 14.8 Å². The van der Waals surface area contributed by atoms with E-state index < -0.39 is 12.8 Å². The summed E-state index contributed by atoms with van der Waals surface area (Å²) in [6, 6.07) is 15.6. The first-order valence-corrected chi connectivity index (χ1v) is 9.51. The van der Waals surface area contributed by atoms with Crippen molar-refractivity contribution in [2.45, 2.75) is 19.5 Å². The maximum absolute atomic E-state index is 12.3. The van der Waals surface area contributed by atoms with Gasteiger partial charge in [0.2, 0.25) is 5.91 Å². The summed E-state index contributed by atoms with van der Waals surface area (Å²) in [6.07, 6.45) is -3.69. The largest absolute Gasteiger partial charge is 0.484 e. The van der Waals surface area contributed by atoms with Gasteiger partial charge in [-0.2, -0.15) is 13.2 Å². The molecule has 0 saturated carbocycles. The van der Waals surface area contributed by atoms with Crippen LogP contribution in [0.2, 0.25) is 5.02 Å². The third-order valence-electron chi connectivity index (χ3n) is 4.20. The lowest BCUT2D eigenvalue weighted by molar-refractivity contribution is -0.153. The van der Waals surface area contributed by atoms with Crippen molar-refractivity contribution in [3.8, 4) is 17.2 Å². The number of fused-ring (bicyclic) bond motifs is 1. The molecule has 4 nitrogen and oxygen atoms in total. The topological polar surface area (TPSA) is 47.6 Å². The van der Waals surface area contributed by atoms with Gasteiger partial charge in [-0.15, -0.1) is 0 Å². The maximum Gasteiger partial charge on any atom is 0.422 e. The van der Waals surface area contributed by atoms with Crippen LogP contribution in [-0.4, -0.2) is 25.2 Å². The predicted octanol–water partition coefficient (Wildman–Crippen LogP) is 5.91. The van der Waals surface area contributed by atoms with Crippen LogP contribution in [0.4, 0.5) is 13.2 Å². The van der Waals surface area contributed by atoms with Crippen LogP contribution in [0, 0.1) is 0 Å². The van der Waals surface area contributed by atoms with Crippen molar-refractivity contribution in [3.63, 3.8) is 0 Å². The highest BCUT2D eigenvalue weighted by atomic mass is 35.5. The number of rotatable bonds is 7. The zero-order chi connectivity index (χ0) is 21.7. The van der Waals surface area contributed by atoms with Gasteiger partial charge in [0.1, 0.15) is 17.2 Å². The summed E-state index contributed by atoms with van der Waals surface area (Å²) in [4.78, 5) is 11.0. The average Bonchev–Trinajstić information content (AvgIpc) is 2.67. The summed E-state index contributed by atoms with van der Waals surface area (Å²) in [6.45, 7) is 0.668. The van der Waals surface area contributed by atoms with Gasteiger partial charge in [0.15, 0.2) is 6.61 Å². The van der Waals surface area contributed by atoms with Crippen molar-refractivity contribution < 1.29 is 27.4 Å². The Morgan fingerprint density at radius 2 is 1.70 bits per heavy atom. The molecule has 3 rings (SSSR count). The molecule has 0 radical (unpaired) electrons. The second-order valence-corrected chi connectivity index (χ2v) is 7.08. The van der Waals surface area contributed by atoms with Gasteiger partial charge in [-0.3, -0.25) is 4.79 Å². The molecule has 0 spiro atoms. The molecule has 1 amide bonds. The first-order valence-electron chi connectivity index (χ1n) is 9.14. The van der Waals surface area contributed by atoms with E-state index in [4.69, 9.17) is 16.3 Å². The molecule has 0 saturated heterocycles. The van der Waals surface area contributed by atoms with Crippen molar-refractivity contribution >= 4 is 28.3 Å². The Bertz CT molecular complexity index is 1050. The van der Waals surface area contributed by atoms with E-state index in [0.717, 1.165) is 22.8 Å². The maximum atomic E-state index is 12.3. The number of alkyl halides is 3. The van der Waals surface area contributed by atoms with Gasteiger partial charge in [0, 0.05) is 19.5 Å². The van der Waals surface area contributed by atoms with E-state index in [9.17, 15) is 18.0 Å². The molecule has 0 heterocycles. The summed E-state index contributed by atoms with van der Waals surface area (Å²) in [5, 5.41) is 4.88. The average molecular weight is 438 g/mol. The number of carbonyl (C=O) groups is 1. The molecule has 30 heavy (non-hydrogen) atoms. The van der Waals surface area contributed by atoms with Crippen molar-refractivity contribution in [3.05, 3.63) is 65.2 Å². The van der Waals surface area contributed by atoms with Gasteiger partial charge >= 0.3 is 6.18 Å². The molecular formula is C22H19ClF3NO3. The fourth-order valence-electron chi connectivity index (χ4n) is 2.82. The minimum absolute atomic E-state index is 0.00924. The lowest BCUT2D eigenvalue weighted by Gasteiger charge is -2.12. The number of carbonyl (C=O) groups excluding carboxylic acids is 1. The number of hydrogen-bond donors (Lipinski definition) is 1. The highest BCUT2D eigenvalue weighted by molar-refractivity contribution is 6.32. The minimum Gasteiger partial charge on any atom is -0.484 e. The van der Waals surface area contributed by atoms with Crippen LogP contribution in [0.15, 0.2) is 54.6 Å². The van der Waals surface area contributed by atoms with Gasteiger partial charge in [0.25, 0.3) is 0 Å². The molecule has 3 aromatic rings. The molecule has 8 heteroatoms. The standard InChI is InChI=1S/C22H19ClF3NO3/c1-14(28)27-9-8-15-2-3-17-11-19(5-4-16(17)10-15)30-21-7-6-18(12-20(21)23)29-13-22(24,25)26/h2-7,10-12H,8-9,13H2,1H3,(H,27,28). The lowest BCUT2D eigenvalue weighted by atomic mass is 10.0. The minimum atomic E-state index is -4.42. The number of halogens is 4. The Balaban J connectivity index is 1.69. The molecule has 0 unspecified atom stereocenters. The molecule has 0 aliphatic carbocycles. The van der Waals surface area contributed by atoms with Gasteiger partial charge in [-0.1, -0.05) is 35.9 Å². The van der Waals surface area contributed by atoms with Crippen LogP contribution in [0.1, 0.15) is 12.5 Å². The Hall–Kier alpha value is -2.93. The Kier molecular flexibility index (Phi) is 6.72. The normalized spacial score (nSPS) is 11.4. The second kappa shape index (κ2) is 9.26. The zero-order valence-corrected chi connectivity index (χ0v) is 16.8. The van der Waals surface area contributed by atoms with E-state index >= 15 is 0 Å². The Labute approximate surface area is 176 Å². The zero-order valence-electron chi connectivity index (χ0n) is 16.1. The quantitative estimate of drug-likeness (QED) is 0.500. The second-order valence-electron chi connectivity index (χ2n) is 6.67. The lowest BCUT2D eigenvalue weighted by Crippen LogP contribution is -2.22. The van der Waals surface area contributed by atoms with E-state index in [1.807, 2.05) is 30.3 Å². The van der Waals surface area contributed by atoms with E-state index in [1.165, 1.54) is 25.1 Å². The fourth-order valence-corrected chi connectivity index (χ4v) is 3.03. The van der Waals surface area contributed by atoms with Crippen molar-refractivity contribution in [1.82, 2.24) is 5.32 Å². The van der Waals surface area contributed by atoms with Crippen LogP contribution < -0.4 is 14.8 Å². The first-order chi connectivity index (χ1) is 14.2. The Morgan fingerprint density at radius 3 is 2.40 bits per heavy atom. The third-order valence-corrected chi connectivity index (χ3v) is 4.49. The summed E-state index contributed by atoms with van der Waals surface area (Å²) >= 11 is 6.12. The SMILES string of the molecule is CC(=O)NCCc1ccc2cc(Oc3ccc(OCC(F)(F)F)cc3Cl)ccc2c1. The van der Waals surface area contributed by atoms with Crippen molar-refractivity contribution in [2.24, 2.45) is 0 Å². The fraction of sp³-hybridized carbons (Fsp3) is 0.227. The number of ether oxygens (including phenoxy) is 2. The summed E-state index contributed by atoms with van der Waals surface area (Å²) < 4.78 is 47.2. The van der Waals surface area contributed by atoms with Gasteiger partial charge in [0.05, 0.1) is 5.02 Å². The monoisotopic (exact) mass is 437 g/mol. The molecule has 0 aliphatic heterocycles.